The first-order valence-electron chi connectivity index (χ1n) is 10.2. The summed E-state index contributed by atoms with van der Waals surface area (Å²) in [5.41, 5.74) is 1.27. The van der Waals surface area contributed by atoms with Gasteiger partial charge < -0.3 is 20.5 Å². The number of para-hydroxylation sites is 1. The lowest BCUT2D eigenvalue weighted by atomic mass is 10.3. The minimum absolute atomic E-state index is 0.361. The molecule has 6 nitrogen and oxygen atoms in total. The van der Waals surface area contributed by atoms with Crippen LogP contribution in [0, 0.1) is 0 Å². The molecule has 0 spiro atoms. The molecule has 0 aromatic heterocycles. The zero-order valence-corrected chi connectivity index (χ0v) is 19.1. The average Bonchev–Trinajstić information content (AvgIpc) is 2.79. The van der Waals surface area contributed by atoms with E-state index in [2.05, 4.69) is 10.6 Å². The molecule has 0 atom stereocenters. The number of ether oxygens (including phenoxy) is 1. The first kappa shape index (κ1) is 30.7. The number of carbonyl (C=O) groups excluding carboxylic acids is 1. The number of carbonyl (C=O) groups is 2. The van der Waals surface area contributed by atoms with Gasteiger partial charge in [-0.2, -0.15) is 0 Å². The largest absolute Gasteiger partial charge is 0.482 e. The Morgan fingerprint density at radius 2 is 1.14 bits per heavy atom. The molecule has 0 saturated heterocycles. The molecule has 2 rings (SSSR count). The van der Waals surface area contributed by atoms with Crippen molar-refractivity contribution in [2.75, 3.05) is 17.2 Å². The SMILES string of the molecule is CC.CC.CC.CC.O=C(O)COc1ccc(NC(=O)Nc2ccccc2)cc1. The van der Waals surface area contributed by atoms with Crippen LogP contribution in [0.25, 0.3) is 0 Å². The number of urea groups is 1. The molecule has 0 fully saturated rings. The molecular formula is C23H38N2O4. The van der Waals surface area contributed by atoms with E-state index in [1.54, 1.807) is 36.4 Å². The molecule has 0 aliphatic heterocycles. The van der Waals surface area contributed by atoms with E-state index < -0.39 is 12.6 Å². The quantitative estimate of drug-likeness (QED) is 0.504. The number of carboxylic acid groups (broad SMARTS) is 1. The second kappa shape index (κ2) is 23.0. The molecule has 164 valence electrons. The van der Waals surface area contributed by atoms with Crippen LogP contribution in [-0.2, 0) is 4.79 Å². The Morgan fingerprint density at radius 1 is 0.724 bits per heavy atom. The van der Waals surface area contributed by atoms with E-state index in [9.17, 15) is 9.59 Å². The molecule has 6 heteroatoms. The number of hydrogen-bond donors (Lipinski definition) is 3. The van der Waals surface area contributed by atoms with Gasteiger partial charge in [-0.25, -0.2) is 9.59 Å². The van der Waals surface area contributed by atoms with Gasteiger partial charge >= 0.3 is 12.0 Å². The standard InChI is InChI=1S/C15H14N2O4.4C2H6/c18-14(19)10-21-13-8-6-12(7-9-13)17-15(20)16-11-4-2-1-3-5-11;4*1-2/h1-9H,10H2,(H,18,19)(H2,16,17,20);4*1-2H3. The highest BCUT2D eigenvalue weighted by Crippen LogP contribution is 2.16. The average molecular weight is 407 g/mol. The van der Waals surface area contributed by atoms with Crippen molar-refractivity contribution in [3.05, 3.63) is 54.6 Å². The third kappa shape index (κ3) is 16.8. The maximum absolute atomic E-state index is 11.8. The zero-order valence-electron chi connectivity index (χ0n) is 19.1. The van der Waals surface area contributed by atoms with Gasteiger partial charge in [0.2, 0.25) is 0 Å². The summed E-state index contributed by atoms with van der Waals surface area (Å²) >= 11 is 0. The van der Waals surface area contributed by atoms with Crippen molar-refractivity contribution in [3.8, 4) is 5.75 Å². The number of carboxylic acids is 1. The van der Waals surface area contributed by atoms with Crippen LogP contribution in [0.4, 0.5) is 16.2 Å². The second-order valence-electron chi connectivity index (χ2n) is 4.15. The Kier molecular flexibility index (Phi) is 24.4. The van der Waals surface area contributed by atoms with E-state index in [1.807, 2.05) is 73.6 Å². The van der Waals surface area contributed by atoms with Crippen molar-refractivity contribution in [1.29, 1.82) is 0 Å². The number of hydrogen-bond acceptors (Lipinski definition) is 3. The molecule has 0 unspecified atom stereocenters. The molecule has 2 amide bonds. The fourth-order valence-corrected chi connectivity index (χ4v) is 1.59. The number of nitrogens with one attached hydrogen (secondary N) is 2. The minimum atomic E-state index is -1.04. The van der Waals surface area contributed by atoms with Crippen molar-refractivity contribution in [2.45, 2.75) is 55.4 Å². The lowest BCUT2D eigenvalue weighted by Gasteiger charge is -2.08. The molecule has 0 aliphatic rings. The van der Waals surface area contributed by atoms with Crippen LogP contribution >= 0.6 is 0 Å². The summed E-state index contributed by atoms with van der Waals surface area (Å²) in [5, 5.41) is 13.8. The van der Waals surface area contributed by atoms with Crippen molar-refractivity contribution >= 4 is 23.4 Å². The fourth-order valence-electron chi connectivity index (χ4n) is 1.59. The van der Waals surface area contributed by atoms with E-state index in [0.717, 1.165) is 0 Å². The molecule has 0 bridgehead atoms. The van der Waals surface area contributed by atoms with Gasteiger partial charge in [-0.05, 0) is 36.4 Å². The lowest BCUT2D eigenvalue weighted by Crippen LogP contribution is -2.19. The Hall–Kier alpha value is -3.02. The summed E-state index contributed by atoms with van der Waals surface area (Å²) in [6.07, 6.45) is 0. The van der Waals surface area contributed by atoms with E-state index in [0.29, 0.717) is 17.1 Å². The van der Waals surface area contributed by atoms with E-state index in [1.165, 1.54) is 0 Å². The second-order valence-corrected chi connectivity index (χ2v) is 4.15. The van der Waals surface area contributed by atoms with Crippen LogP contribution in [0.2, 0.25) is 0 Å². The predicted octanol–water partition coefficient (Wildman–Crippen LogP) is 6.90. The maximum atomic E-state index is 11.8. The molecule has 0 aliphatic carbocycles. The van der Waals surface area contributed by atoms with Crippen LogP contribution in [0.3, 0.4) is 0 Å². The van der Waals surface area contributed by atoms with E-state index in [-0.39, 0.29) is 6.03 Å². The number of aliphatic carboxylic acids is 1. The summed E-state index contributed by atoms with van der Waals surface area (Å²) in [5.74, 6) is -0.620. The van der Waals surface area contributed by atoms with Crippen molar-refractivity contribution < 1.29 is 19.4 Å². The molecule has 2 aromatic carbocycles. The first-order valence-corrected chi connectivity index (χ1v) is 10.2. The Labute approximate surface area is 176 Å². The van der Waals surface area contributed by atoms with Crippen molar-refractivity contribution in [3.63, 3.8) is 0 Å². The molecule has 2 aromatic rings. The van der Waals surface area contributed by atoms with Gasteiger partial charge in [0, 0.05) is 11.4 Å². The van der Waals surface area contributed by atoms with Crippen molar-refractivity contribution in [2.24, 2.45) is 0 Å². The smallest absolute Gasteiger partial charge is 0.341 e. The van der Waals surface area contributed by atoms with Gasteiger partial charge in [-0.15, -0.1) is 0 Å². The molecule has 0 radical (unpaired) electrons. The Balaban J connectivity index is -0.000000754. The van der Waals surface area contributed by atoms with Gasteiger partial charge in [-0.3, -0.25) is 0 Å². The minimum Gasteiger partial charge on any atom is -0.482 e. The number of benzene rings is 2. The van der Waals surface area contributed by atoms with Gasteiger partial charge in [0.25, 0.3) is 0 Å². The highest BCUT2D eigenvalue weighted by molar-refractivity contribution is 5.99. The van der Waals surface area contributed by atoms with E-state index in [4.69, 9.17) is 9.84 Å². The zero-order chi connectivity index (χ0) is 23.1. The van der Waals surface area contributed by atoms with E-state index >= 15 is 0 Å². The van der Waals surface area contributed by atoms with Crippen LogP contribution in [0.1, 0.15) is 55.4 Å². The van der Waals surface area contributed by atoms with Crippen LogP contribution in [0.5, 0.6) is 5.75 Å². The van der Waals surface area contributed by atoms with Gasteiger partial charge in [-0.1, -0.05) is 73.6 Å². The monoisotopic (exact) mass is 406 g/mol. The highest BCUT2D eigenvalue weighted by atomic mass is 16.5. The number of anilines is 2. The molecule has 0 saturated carbocycles. The summed E-state index contributed by atoms with van der Waals surface area (Å²) in [7, 11) is 0. The third-order valence-corrected chi connectivity index (χ3v) is 2.51. The van der Waals surface area contributed by atoms with Gasteiger partial charge in [0.15, 0.2) is 6.61 Å². The van der Waals surface area contributed by atoms with Crippen LogP contribution in [-0.4, -0.2) is 23.7 Å². The highest BCUT2D eigenvalue weighted by Gasteiger charge is 2.03. The molecular weight excluding hydrogens is 368 g/mol. The summed E-state index contributed by atoms with van der Waals surface area (Å²) in [4.78, 5) is 22.1. The molecule has 0 heterocycles. The van der Waals surface area contributed by atoms with Crippen molar-refractivity contribution in [1.82, 2.24) is 0 Å². The predicted molar refractivity (Wildman–Crippen MR) is 124 cm³/mol. The Bertz CT molecular complexity index is 615. The third-order valence-electron chi connectivity index (χ3n) is 2.51. The van der Waals surface area contributed by atoms with Crippen LogP contribution in [0.15, 0.2) is 54.6 Å². The lowest BCUT2D eigenvalue weighted by molar-refractivity contribution is -0.139. The molecule has 3 N–H and O–H groups in total. The Morgan fingerprint density at radius 3 is 1.55 bits per heavy atom. The van der Waals surface area contributed by atoms with Gasteiger partial charge in [0.1, 0.15) is 5.75 Å². The number of amides is 2. The summed E-state index contributed by atoms with van der Waals surface area (Å²) < 4.78 is 5.00. The molecule has 29 heavy (non-hydrogen) atoms. The van der Waals surface area contributed by atoms with Gasteiger partial charge in [0.05, 0.1) is 0 Å². The normalized spacial score (nSPS) is 7.86. The summed E-state index contributed by atoms with van der Waals surface area (Å²) in [6.45, 7) is 15.6. The summed E-state index contributed by atoms with van der Waals surface area (Å²) in [6, 6.07) is 15.1. The first-order chi connectivity index (χ1) is 14.1. The number of rotatable bonds is 5. The topological polar surface area (TPSA) is 87.7 Å². The fraction of sp³-hybridized carbons (Fsp3) is 0.391. The van der Waals surface area contributed by atoms with Crippen LogP contribution < -0.4 is 15.4 Å². The maximum Gasteiger partial charge on any atom is 0.341 e.